The molecule has 0 aromatic heterocycles. The van der Waals surface area contributed by atoms with E-state index in [0.29, 0.717) is 0 Å². The van der Waals surface area contributed by atoms with Crippen molar-refractivity contribution in [2.24, 2.45) is 0 Å². The highest BCUT2D eigenvalue weighted by Gasteiger charge is 2.31. The van der Waals surface area contributed by atoms with Gasteiger partial charge in [-0.15, -0.1) is 0 Å². The standard InChI is InChI=1S/C4H4BrF5O/c5-4(9,10)11-2-1-3(6,7)8/h1-2H2. The fourth-order valence-electron chi connectivity index (χ4n) is 0.282. The number of hydrogen-bond donors (Lipinski definition) is 0. The maximum absolute atomic E-state index is 11.6. The maximum Gasteiger partial charge on any atom is 0.414 e. The Kier molecular flexibility index (Phi) is 3.69. The molecule has 1 nitrogen and oxygen atoms in total. The van der Waals surface area contributed by atoms with Gasteiger partial charge in [-0.25, -0.2) is 0 Å². The molecule has 0 unspecified atom stereocenters. The first-order valence-corrected chi connectivity index (χ1v) is 3.27. The summed E-state index contributed by atoms with van der Waals surface area (Å²) in [6.07, 6.45) is -5.84. The minimum absolute atomic E-state index is 1.05. The summed E-state index contributed by atoms with van der Waals surface area (Å²) >= 11 is 1.72. The average Bonchev–Trinajstić information content (AvgIpc) is 1.55. The fourth-order valence-corrected chi connectivity index (χ4v) is 0.444. The van der Waals surface area contributed by atoms with Crippen molar-refractivity contribution >= 4 is 15.9 Å². The molecular weight excluding hydrogens is 239 g/mol. The van der Waals surface area contributed by atoms with Gasteiger partial charge in [-0.2, -0.15) is 22.0 Å². The van der Waals surface area contributed by atoms with Gasteiger partial charge in [0, 0.05) is 15.9 Å². The molecule has 0 atom stereocenters. The topological polar surface area (TPSA) is 9.23 Å². The van der Waals surface area contributed by atoms with Crippen molar-refractivity contribution in [1.29, 1.82) is 0 Å². The average molecular weight is 243 g/mol. The summed E-state index contributed by atoms with van der Waals surface area (Å²) in [4.78, 5) is 0. The highest BCUT2D eigenvalue weighted by Crippen LogP contribution is 2.25. The van der Waals surface area contributed by atoms with E-state index in [2.05, 4.69) is 4.74 Å². The highest BCUT2D eigenvalue weighted by atomic mass is 79.9. The van der Waals surface area contributed by atoms with E-state index in [4.69, 9.17) is 0 Å². The van der Waals surface area contributed by atoms with E-state index in [1.54, 1.807) is 15.9 Å². The number of rotatable bonds is 3. The largest absolute Gasteiger partial charge is 0.414 e. The Hall–Kier alpha value is 0.0900. The van der Waals surface area contributed by atoms with Crippen molar-refractivity contribution < 1.29 is 26.7 Å². The Morgan fingerprint density at radius 1 is 1.09 bits per heavy atom. The van der Waals surface area contributed by atoms with Gasteiger partial charge in [-0.05, 0) is 0 Å². The molecule has 0 fully saturated rings. The molecule has 0 heterocycles. The smallest absolute Gasteiger partial charge is 0.311 e. The van der Waals surface area contributed by atoms with Gasteiger partial charge in [0.2, 0.25) is 0 Å². The van der Waals surface area contributed by atoms with Crippen LogP contribution in [0.1, 0.15) is 6.42 Å². The SMILES string of the molecule is FC(F)(F)CCOC(F)(F)Br. The lowest BCUT2D eigenvalue weighted by Crippen LogP contribution is -2.17. The summed E-state index contributed by atoms with van der Waals surface area (Å²) in [5.41, 5.74) is 0. The van der Waals surface area contributed by atoms with Crippen molar-refractivity contribution in [1.82, 2.24) is 0 Å². The first-order valence-electron chi connectivity index (χ1n) is 2.48. The molecule has 7 heteroatoms. The number of hydrogen-bond acceptors (Lipinski definition) is 1. The predicted molar refractivity (Wildman–Crippen MR) is 30.5 cm³/mol. The molecule has 0 aromatic carbocycles. The quantitative estimate of drug-likeness (QED) is 0.547. The summed E-state index contributed by atoms with van der Waals surface area (Å²) in [5, 5.41) is -3.67. The Morgan fingerprint density at radius 3 is 1.82 bits per heavy atom. The van der Waals surface area contributed by atoms with E-state index in [1.807, 2.05) is 0 Å². The van der Waals surface area contributed by atoms with Crippen LogP contribution >= 0.6 is 15.9 Å². The molecule has 11 heavy (non-hydrogen) atoms. The minimum atomic E-state index is -4.46. The second-order valence-corrected chi connectivity index (χ2v) is 2.58. The monoisotopic (exact) mass is 242 g/mol. The zero-order valence-electron chi connectivity index (χ0n) is 5.09. The second-order valence-electron chi connectivity index (χ2n) is 1.66. The van der Waals surface area contributed by atoms with Crippen molar-refractivity contribution in [2.45, 2.75) is 17.6 Å². The summed E-state index contributed by atoms with van der Waals surface area (Å²) in [7, 11) is 0. The van der Waals surface area contributed by atoms with E-state index >= 15 is 0 Å². The molecule has 0 saturated heterocycles. The Morgan fingerprint density at radius 2 is 1.55 bits per heavy atom. The van der Waals surface area contributed by atoms with Gasteiger partial charge in [0.15, 0.2) is 0 Å². The number of ether oxygens (including phenoxy) is 1. The molecule has 0 radical (unpaired) electrons. The van der Waals surface area contributed by atoms with E-state index in [9.17, 15) is 22.0 Å². The van der Waals surface area contributed by atoms with Crippen molar-refractivity contribution in [2.75, 3.05) is 6.61 Å². The highest BCUT2D eigenvalue weighted by molar-refractivity contribution is 9.09. The Balaban J connectivity index is 3.44. The van der Waals surface area contributed by atoms with Crippen LogP contribution in [0.25, 0.3) is 0 Å². The lowest BCUT2D eigenvalue weighted by molar-refractivity contribution is -0.191. The van der Waals surface area contributed by atoms with Gasteiger partial charge in [-0.3, -0.25) is 0 Å². The van der Waals surface area contributed by atoms with E-state index in [1.165, 1.54) is 0 Å². The van der Waals surface area contributed by atoms with Crippen molar-refractivity contribution in [3.05, 3.63) is 0 Å². The van der Waals surface area contributed by atoms with Crippen LogP contribution in [0.15, 0.2) is 0 Å². The van der Waals surface area contributed by atoms with E-state index in [0.717, 1.165) is 0 Å². The van der Waals surface area contributed by atoms with E-state index < -0.39 is 24.2 Å². The van der Waals surface area contributed by atoms with Crippen LogP contribution in [-0.2, 0) is 4.74 Å². The molecule has 68 valence electrons. The summed E-state index contributed by atoms with van der Waals surface area (Å²) in [6.45, 7) is -1.05. The molecule has 0 saturated carbocycles. The van der Waals surface area contributed by atoms with Gasteiger partial charge >= 0.3 is 11.2 Å². The van der Waals surface area contributed by atoms with Crippen LogP contribution in [0.2, 0.25) is 0 Å². The van der Waals surface area contributed by atoms with Crippen LogP contribution in [-0.4, -0.2) is 17.8 Å². The predicted octanol–water partition coefficient (Wildman–Crippen LogP) is 2.90. The molecule has 0 rings (SSSR count). The normalized spacial score (nSPS) is 13.6. The first kappa shape index (κ1) is 11.1. The molecule has 0 aliphatic rings. The molecule has 0 aliphatic heterocycles. The van der Waals surface area contributed by atoms with E-state index in [-0.39, 0.29) is 0 Å². The van der Waals surface area contributed by atoms with Crippen molar-refractivity contribution in [3.63, 3.8) is 0 Å². The second kappa shape index (κ2) is 3.66. The first-order chi connectivity index (χ1) is 4.71. The number of halogens is 6. The maximum atomic E-state index is 11.6. The summed E-state index contributed by atoms with van der Waals surface area (Å²) in [5.74, 6) is 0. The molecule has 0 spiro atoms. The molecular formula is C4H4BrF5O. The van der Waals surface area contributed by atoms with Crippen molar-refractivity contribution in [3.8, 4) is 0 Å². The fraction of sp³-hybridized carbons (Fsp3) is 1.00. The van der Waals surface area contributed by atoms with Crippen LogP contribution in [0, 0.1) is 0 Å². The van der Waals surface area contributed by atoms with Gasteiger partial charge in [0.1, 0.15) is 0 Å². The van der Waals surface area contributed by atoms with Crippen LogP contribution in [0.5, 0.6) is 0 Å². The third kappa shape index (κ3) is 10.1. The minimum Gasteiger partial charge on any atom is -0.311 e. The third-order valence-corrected chi connectivity index (χ3v) is 0.880. The molecule has 0 amide bonds. The van der Waals surface area contributed by atoms with Gasteiger partial charge in [-0.1, -0.05) is 0 Å². The van der Waals surface area contributed by atoms with Crippen LogP contribution in [0.4, 0.5) is 22.0 Å². The third-order valence-electron chi connectivity index (χ3n) is 0.651. The Bertz CT molecular complexity index is 103. The summed E-state index contributed by atoms with van der Waals surface area (Å²) in [6, 6.07) is 0. The molecule has 0 bridgehead atoms. The Labute approximate surface area is 67.6 Å². The zero-order chi connectivity index (χ0) is 9.12. The summed E-state index contributed by atoms with van der Waals surface area (Å²) < 4.78 is 60.6. The molecule has 0 aliphatic carbocycles. The van der Waals surface area contributed by atoms with Crippen LogP contribution in [0.3, 0.4) is 0 Å². The number of alkyl halides is 6. The lowest BCUT2D eigenvalue weighted by atomic mass is 10.4. The molecule has 0 N–H and O–H groups in total. The van der Waals surface area contributed by atoms with Crippen LogP contribution < -0.4 is 0 Å². The molecule has 0 aromatic rings. The van der Waals surface area contributed by atoms with Gasteiger partial charge < -0.3 is 4.74 Å². The lowest BCUT2D eigenvalue weighted by Gasteiger charge is -2.10. The van der Waals surface area contributed by atoms with Gasteiger partial charge in [0.25, 0.3) is 0 Å². The zero-order valence-corrected chi connectivity index (χ0v) is 6.68. The van der Waals surface area contributed by atoms with Gasteiger partial charge in [0.05, 0.1) is 13.0 Å².